The second-order valence-electron chi connectivity index (χ2n) is 7.20. The summed E-state index contributed by atoms with van der Waals surface area (Å²) in [7, 11) is 1.46. The summed E-state index contributed by atoms with van der Waals surface area (Å²) < 4.78 is 7.64. The monoisotopic (exact) mass is 558 g/mol. The third-order valence-electron chi connectivity index (χ3n) is 4.91. The highest BCUT2D eigenvalue weighted by Gasteiger charge is 2.14. The van der Waals surface area contributed by atoms with Crippen LogP contribution in [0.4, 0.5) is 0 Å². The van der Waals surface area contributed by atoms with Gasteiger partial charge in [-0.2, -0.15) is 5.10 Å². The van der Waals surface area contributed by atoms with Crippen LogP contribution in [0.1, 0.15) is 11.1 Å². The molecule has 10 heteroatoms. The van der Waals surface area contributed by atoms with E-state index in [4.69, 9.17) is 21.3 Å². The fourth-order valence-corrected chi connectivity index (χ4v) is 4.74. The first-order chi connectivity index (χ1) is 16.5. The van der Waals surface area contributed by atoms with E-state index < -0.39 is 0 Å². The number of hydrogen-bond acceptors (Lipinski definition) is 6. The van der Waals surface area contributed by atoms with Gasteiger partial charge in [-0.1, -0.05) is 53.7 Å². The molecule has 34 heavy (non-hydrogen) atoms. The third kappa shape index (κ3) is 5.55. The largest absolute Gasteiger partial charge is 0.503 e. The molecular formula is C24H20BrClN4O3S. The summed E-state index contributed by atoms with van der Waals surface area (Å²) in [6, 6.07) is 18.8. The van der Waals surface area contributed by atoms with Crippen molar-refractivity contribution in [2.75, 3.05) is 12.9 Å². The molecule has 0 radical (unpaired) electrons. The van der Waals surface area contributed by atoms with Gasteiger partial charge in [-0.15, -0.1) is 0 Å². The molecule has 174 valence electrons. The highest BCUT2D eigenvalue weighted by molar-refractivity contribution is 9.10. The Bertz CT molecular complexity index is 1380. The zero-order valence-electron chi connectivity index (χ0n) is 18.0. The van der Waals surface area contributed by atoms with Crippen molar-refractivity contribution in [3.63, 3.8) is 0 Å². The molecule has 3 aromatic carbocycles. The van der Waals surface area contributed by atoms with E-state index in [-0.39, 0.29) is 17.4 Å². The van der Waals surface area contributed by atoms with Gasteiger partial charge in [0.1, 0.15) is 0 Å². The van der Waals surface area contributed by atoms with E-state index in [1.807, 2.05) is 48.5 Å². The van der Waals surface area contributed by atoms with Gasteiger partial charge in [0.2, 0.25) is 0 Å². The molecule has 0 unspecified atom stereocenters. The third-order valence-corrected chi connectivity index (χ3v) is 6.86. The number of phenols is 1. The van der Waals surface area contributed by atoms with E-state index in [1.54, 1.807) is 12.1 Å². The van der Waals surface area contributed by atoms with Crippen LogP contribution in [-0.2, 0) is 11.3 Å². The van der Waals surface area contributed by atoms with Crippen molar-refractivity contribution < 1.29 is 14.6 Å². The molecule has 0 aliphatic carbocycles. The van der Waals surface area contributed by atoms with Gasteiger partial charge in [-0.05, 0) is 57.4 Å². The minimum absolute atomic E-state index is 0.000218. The van der Waals surface area contributed by atoms with Crippen molar-refractivity contribution in [2.45, 2.75) is 11.7 Å². The maximum absolute atomic E-state index is 12.4. The number of nitrogens with one attached hydrogen (secondary N) is 1. The molecule has 0 fully saturated rings. The van der Waals surface area contributed by atoms with Crippen molar-refractivity contribution in [2.24, 2.45) is 5.10 Å². The Labute approximate surface area is 213 Å². The van der Waals surface area contributed by atoms with Crippen molar-refractivity contribution in [3.05, 3.63) is 81.3 Å². The van der Waals surface area contributed by atoms with Crippen LogP contribution in [-0.4, -0.2) is 39.6 Å². The summed E-state index contributed by atoms with van der Waals surface area (Å²) in [6.07, 6.45) is 1.47. The van der Waals surface area contributed by atoms with Gasteiger partial charge >= 0.3 is 0 Å². The number of rotatable bonds is 8. The van der Waals surface area contributed by atoms with Crippen molar-refractivity contribution in [1.29, 1.82) is 0 Å². The Kier molecular flexibility index (Phi) is 7.77. The lowest BCUT2D eigenvalue weighted by molar-refractivity contribution is -0.118. The lowest BCUT2D eigenvalue weighted by atomic mass is 10.2. The molecule has 4 aromatic rings. The predicted molar refractivity (Wildman–Crippen MR) is 139 cm³/mol. The van der Waals surface area contributed by atoms with Gasteiger partial charge in [0.15, 0.2) is 16.7 Å². The van der Waals surface area contributed by atoms with Crippen LogP contribution in [0.2, 0.25) is 5.02 Å². The number of carbonyl (C=O) groups excluding carboxylic acids is 1. The molecule has 0 bridgehead atoms. The Hall–Kier alpha value is -3.01. The Morgan fingerprint density at radius 1 is 1.26 bits per heavy atom. The molecule has 2 N–H and O–H groups in total. The lowest BCUT2D eigenvalue weighted by Gasteiger charge is -2.10. The van der Waals surface area contributed by atoms with Gasteiger partial charge in [0.05, 0.1) is 41.1 Å². The van der Waals surface area contributed by atoms with Gasteiger partial charge in [-0.3, -0.25) is 4.79 Å². The second-order valence-corrected chi connectivity index (χ2v) is 9.40. The average molecular weight is 560 g/mol. The van der Waals surface area contributed by atoms with E-state index in [2.05, 4.69) is 31.0 Å². The van der Waals surface area contributed by atoms with Crippen LogP contribution in [0, 0.1) is 0 Å². The fraction of sp³-hybridized carbons (Fsp3) is 0.125. The number of halogens is 2. The first-order valence-electron chi connectivity index (χ1n) is 10.2. The summed E-state index contributed by atoms with van der Waals surface area (Å²) in [5.74, 6) is 0.156. The number of aromatic hydroxyl groups is 1. The molecule has 0 atom stereocenters. The molecule has 7 nitrogen and oxygen atoms in total. The first kappa shape index (κ1) is 24.1. The Morgan fingerprint density at radius 2 is 2.03 bits per heavy atom. The van der Waals surface area contributed by atoms with E-state index in [0.29, 0.717) is 32.5 Å². The number of hydrogen-bond donors (Lipinski definition) is 2. The van der Waals surface area contributed by atoms with Gasteiger partial charge < -0.3 is 14.4 Å². The molecule has 0 aliphatic rings. The maximum Gasteiger partial charge on any atom is 0.250 e. The number of phenolic OH excluding ortho intramolecular Hbond substituents is 1. The number of imidazole rings is 1. The summed E-state index contributed by atoms with van der Waals surface area (Å²) in [5.41, 5.74) is 5.96. The molecule has 1 aromatic heterocycles. The molecule has 0 aliphatic heterocycles. The number of carbonyl (C=O) groups is 1. The normalized spacial score (nSPS) is 11.3. The molecule has 0 saturated carbocycles. The Morgan fingerprint density at radius 3 is 2.82 bits per heavy atom. The molecular weight excluding hydrogens is 540 g/mol. The van der Waals surface area contributed by atoms with Crippen LogP contribution < -0.4 is 10.2 Å². The number of nitrogens with zero attached hydrogens (tertiary/aromatic N) is 3. The van der Waals surface area contributed by atoms with Gasteiger partial charge in [0.25, 0.3) is 5.91 Å². The maximum atomic E-state index is 12.4. The molecule has 1 amide bonds. The molecule has 4 rings (SSSR count). The van der Waals surface area contributed by atoms with E-state index in [1.165, 1.54) is 25.1 Å². The topological polar surface area (TPSA) is 88.7 Å². The van der Waals surface area contributed by atoms with Crippen LogP contribution in [0.25, 0.3) is 11.0 Å². The summed E-state index contributed by atoms with van der Waals surface area (Å²) in [5, 5.41) is 15.3. The quantitative estimate of drug-likeness (QED) is 0.170. The number of ether oxygens (including phenoxy) is 1. The number of methoxy groups -OCH3 is 1. The zero-order valence-corrected chi connectivity index (χ0v) is 21.2. The minimum Gasteiger partial charge on any atom is -0.503 e. The minimum atomic E-state index is -0.276. The number of para-hydroxylation sites is 2. The van der Waals surface area contributed by atoms with Crippen LogP contribution >= 0.6 is 39.3 Å². The van der Waals surface area contributed by atoms with E-state index in [9.17, 15) is 9.90 Å². The number of aromatic nitrogens is 2. The van der Waals surface area contributed by atoms with Crippen molar-refractivity contribution >= 4 is 62.4 Å². The van der Waals surface area contributed by atoms with E-state index >= 15 is 0 Å². The second kappa shape index (κ2) is 10.9. The summed E-state index contributed by atoms with van der Waals surface area (Å²) in [6.45, 7) is 0.542. The van der Waals surface area contributed by atoms with Crippen molar-refractivity contribution in [3.8, 4) is 11.5 Å². The number of amides is 1. The van der Waals surface area contributed by atoms with Crippen LogP contribution in [0.15, 0.2) is 75.4 Å². The number of hydrazone groups is 1. The first-order valence-corrected chi connectivity index (χ1v) is 12.3. The SMILES string of the molecule is COc1cc(/C=N\NC(=O)CSc2nc3ccccc3n2Cc2ccccc2Cl)cc(Br)c1O. The summed E-state index contributed by atoms with van der Waals surface area (Å²) >= 11 is 11.0. The van der Waals surface area contributed by atoms with Crippen molar-refractivity contribution in [1.82, 2.24) is 15.0 Å². The average Bonchev–Trinajstić information content (AvgIpc) is 3.18. The Balaban J connectivity index is 1.45. The van der Waals surface area contributed by atoms with Crippen LogP contribution in [0.3, 0.4) is 0 Å². The predicted octanol–water partition coefficient (Wildman–Crippen LogP) is 5.46. The highest BCUT2D eigenvalue weighted by atomic mass is 79.9. The van der Waals surface area contributed by atoms with Crippen LogP contribution in [0.5, 0.6) is 11.5 Å². The molecule has 0 spiro atoms. The van der Waals surface area contributed by atoms with Gasteiger partial charge in [0, 0.05) is 5.02 Å². The molecule has 0 saturated heterocycles. The number of thioether (sulfide) groups is 1. The van der Waals surface area contributed by atoms with Gasteiger partial charge in [-0.25, -0.2) is 10.4 Å². The number of fused-ring (bicyclic) bond motifs is 1. The number of benzene rings is 3. The highest BCUT2D eigenvalue weighted by Crippen LogP contribution is 2.34. The fourth-order valence-electron chi connectivity index (χ4n) is 3.28. The zero-order chi connectivity index (χ0) is 24.1. The lowest BCUT2D eigenvalue weighted by Crippen LogP contribution is -2.20. The molecule has 1 heterocycles. The van der Waals surface area contributed by atoms with E-state index in [0.717, 1.165) is 16.6 Å². The standard InChI is InChI=1S/C24H20BrClN4O3S/c1-33-21-11-15(10-17(25)23(21)32)12-27-29-22(31)14-34-24-28-19-8-4-5-9-20(19)30(24)13-16-6-2-3-7-18(16)26/h2-12,32H,13-14H2,1H3,(H,29,31)/b27-12-. The summed E-state index contributed by atoms with van der Waals surface area (Å²) in [4.78, 5) is 17.1. The smallest absolute Gasteiger partial charge is 0.250 e.